The molecule has 110 valence electrons. The molecule has 4 heteroatoms. The molecule has 0 N–H and O–H groups in total. The Morgan fingerprint density at radius 2 is 2.10 bits per heavy atom. The summed E-state index contributed by atoms with van der Waals surface area (Å²) in [5.74, 6) is -0.107. The Morgan fingerprint density at radius 1 is 1.35 bits per heavy atom. The monoisotopic (exact) mass is 297 g/mol. The fourth-order valence-corrected chi connectivity index (χ4v) is 2.64. The van der Waals surface area contributed by atoms with Crippen molar-refractivity contribution in [2.24, 2.45) is 5.92 Å². The first-order valence-electron chi connectivity index (χ1n) is 7.06. The molecule has 0 heterocycles. The van der Waals surface area contributed by atoms with Crippen molar-refractivity contribution in [3.63, 3.8) is 0 Å². The van der Waals surface area contributed by atoms with Crippen LogP contribution in [-0.2, 0) is 4.74 Å². The average Bonchev–Trinajstić information content (AvgIpc) is 2.41. The summed E-state index contributed by atoms with van der Waals surface area (Å²) in [6, 6.07) is 6.43. The van der Waals surface area contributed by atoms with Crippen LogP contribution in [-0.4, -0.2) is 6.61 Å². The van der Waals surface area contributed by atoms with Crippen molar-refractivity contribution in [2.75, 3.05) is 6.61 Å². The van der Waals surface area contributed by atoms with Crippen LogP contribution in [0, 0.1) is 23.1 Å². The van der Waals surface area contributed by atoms with Gasteiger partial charge in [-0.15, -0.1) is 0 Å². The first kappa shape index (κ1) is 16.9. The van der Waals surface area contributed by atoms with Crippen LogP contribution < -0.4 is 0 Å². The van der Waals surface area contributed by atoms with Gasteiger partial charge in [0.15, 0.2) is 0 Å². The van der Waals surface area contributed by atoms with Crippen molar-refractivity contribution in [1.29, 1.82) is 5.26 Å². The van der Waals surface area contributed by atoms with Gasteiger partial charge in [0.1, 0.15) is 12.4 Å². The molecule has 0 bridgehead atoms. The van der Waals surface area contributed by atoms with E-state index in [1.807, 2.05) is 6.07 Å². The summed E-state index contributed by atoms with van der Waals surface area (Å²) in [5, 5.41) is 9.08. The molecule has 2 nitrogen and oxygen atoms in total. The number of halogens is 2. The zero-order chi connectivity index (χ0) is 15.0. The SMILES string of the molecule is CCCC[C@H](CC)[C@@H](OCC#N)c1cc(F)cc(Cl)c1. The number of ether oxygens (including phenoxy) is 1. The normalized spacial score (nSPS) is 13.8. The molecule has 0 saturated carbocycles. The molecular weight excluding hydrogens is 277 g/mol. The van der Waals surface area contributed by atoms with Crippen molar-refractivity contribution < 1.29 is 9.13 Å². The second-order valence-corrected chi connectivity index (χ2v) is 5.34. The van der Waals surface area contributed by atoms with Gasteiger partial charge < -0.3 is 4.74 Å². The number of rotatable bonds is 8. The van der Waals surface area contributed by atoms with E-state index in [2.05, 4.69) is 13.8 Å². The quantitative estimate of drug-likeness (QED) is 0.654. The van der Waals surface area contributed by atoms with Crippen LogP contribution >= 0.6 is 11.6 Å². The minimum absolute atomic E-state index is 0.00141. The van der Waals surface area contributed by atoms with E-state index < -0.39 is 0 Å². The van der Waals surface area contributed by atoms with Gasteiger partial charge in [-0.2, -0.15) is 5.26 Å². The van der Waals surface area contributed by atoms with Crippen molar-refractivity contribution in [1.82, 2.24) is 0 Å². The second kappa shape index (κ2) is 8.94. The number of unbranched alkanes of at least 4 members (excludes halogenated alkanes) is 1. The molecule has 1 aromatic carbocycles. The van der Waals surface area contributed by atoms with Gasteiger partial charge in [-0.25, -0.2) is 4.39 Å². The van der Waals surface area contributed by atoms with E-state index in [1.165, 1.54) is 12.1 Å². The first-order chi connectivity index (χ1) is 9.62. The molecule has 20 heavy (non-hydrogen) atoms. The third-order valence-corrected chi connectivity index (χ3v) is 3.64. The highest BCUT2D eigenvalue weighted by Crippen LogP contribution is 2.33. The first-order valence-corrected chi connectivity index (χ1v) is 7.44. The van der Waals surface area contributed by atoms with Crippen LogP contribution in [0.15, 0.2) is 18.2 Å². The van der Waals surface area contributed by atoms with Crippen LogP contribution in [0.25, 0.3) is 0 Å². The lowest BCUT2D eigenvalue weighted by atomic mass is 9.89. The van der Waals surface area contributed by atoms with Crippen molar-refractivity contribution in [2.45, 2.75) is 45.6 Å². The molecule has 0 radical (unpaired) electrons. The average molecular weight is 298 g/mol. The summed E-state index contributed by atoms with van der Waals surface area (Å²) in [6.45, 7) is 4.22. The molecule has 0 aliphatic heterocycles. The molecule has 0 unspecified atom stereocenters. The predicted octanol–water partition coefficient (Wildman–Crippen LogP) is 5.28. The summed E-state index contributed by atoms with van der Waals surface area (Å²) < 4.78 is 19.2. The third-order valence-electron chi connectivity index (χ3n) is 3.42. The fourth-order valence-electron chi connectivity index (χ4n) is 2.41. The Bertz CT molecular complexity index is 438. The van der Waals surface area contributed by atoms with E-state index in [9.17, 15) is 4.39 Å². The zero-order valence-corrected chi connectivity index (χ0v) is 12.8. The van der Waals surface area contributed by atoms with Crippen LogP contribution in [0.3, 0.4) is 0 Å². The van der Waals surface area contributed by atoms with E-state index in [0.29, 0.717) is 10.6 Å². The van der Waals surface area contributed by atoms with Gasteiger partial charge in [0.2, 0.25) is 0 Å². The fraction of sp³-hybridized carbons (Fsp3) is 0.562. The summed E-state index contributed by atoms with van der Waals surface area (Å²) >= 11 is 5.92. The molecule has 0 aliphatic rings. The minimum Gasteiger partial charge on any atom is -0.358 e. The van der Waals surface area contributed by atoms with Crippen molar-refractivity contribution in [3.8, 4) is 6.07 Å². The molecule has 2 atom stereocenters. The summed E-state index contributed by atoms with van der Waals surface area (Å²) in [7, 11) is 0. The molecule has 0 aromatic heterocycles. The smallest absolute Gasteiger partial charge is 0.134 e. The molecule has 0 fully saturated rings. The highest BCUT2D eigenvalue weighted by molar-refractivity contribution is 6.30. The summed E-state index contributed by atoms with van der Waals surface area (Å²) in [4.78, 5) is 0. The van der Waals surface area contributed by atoms with Crippen molar-refractivity contribution in [3.05, 3.63) is 34.6 Å². The molecule has 0 amide bonds. The molecule has 0 saturated heterocycles. The lowest BCUT2D eigenvalue weighted by Gasteiger charge is -2.26. The predicted molar refractivity (Wildman–Crippen MR) is 79.0 cm³/mol. The highest BCUT2D eigenvalue weighted by Gasteiger charge is 2.23. The molecule has 0 aliphatic carbocycles. The van der Waals surface area contributed by atoms with E-state index in [0.717, 1.165) is 25.7 Å². The standard InChI is InChI=1S/C16H21ClFNO/c1-3-5-6-12(4-2)16(20-8-7-19)13-9-14(17)11-15(18)10-13/h9-12,16H,3-6,8H2,1-2H3/t12-,16+/m0/s1. The number of nitrogens with zero attached hydrogens (tertiary/aromatic N) is 1. The summed E-state index contributed by atoms with van der Waals surface area (Å²) in [5.41, 5.74) is 0.716. The topological polar surface area (TPSA) is 33.0 Å². The maximum absolute atomic E-state index is 13.5. The maximum Gasteiger partial charge on any atom is 0.134 e. The van der Waals surface area contributed by atoms with E-state index in [4.69, 9.17) is 21.6 Å². The van der Waals surface area contributed by atoms with Crippen LogP contribution in [0.2, 0.25) is 5.02 Å². The minimum atomic E-state index is -0.372. The van der Waals surface area contributed by atoms with Crippen LogP contribution in [0.1, 0.15) is 51.2 Å². The largest absolute Gasteiger partial charge is 0.358 e. The molecule has 1 rings (SSSR count). The van der Waals surface area contributed by atoms with Crippen molar-refractivity contribution >= 4 is 11.6 Å². The number of hydrogen-bond donors (Lipinski definition) is 0. The lowest BCUT2D eigenvalue weighted by molar-refractivity contribution is 0.0243. The van der Waals surface area contributed by atoms with Gasteiger partial charge in [-0.05, 0) is 36.1 Å². The Kier molecular flexibility index (Phi) is 7.58. The third kappa shape index (κ3) is 5.11. The van der Waals surface area contributed by atoms with Gasteiger partial charge in [-0.1, -0.05) is 44.7 Å². The second-order valence-electron chi connectivity index (χ2n) is 4.90. The van der Waals surface area contributed by atoms with E-state index in [-0.39, 0.29) is 24.4 Å². The lowest BCUT2D eigenvalue weighted by Crippen LogP contribution is -2.16. The van der Waals surface area contributed by atoms with Crippen LogP contribution in [0.4, 0.5) is 4.39 Å². The van der Waals surface area contributed by atoms with Gasteiger partial charge in [-0.3, -0.25) is 0 Å². The Balaban J connectivity index is 2.99. The van der Waals surface area contributed by atoms with Gasteiger partial charge in [0.25, 0.3) is 0 Å². The van der Waals surface area contributed by atoms with Gasteiger partial charge >= 0.3 is 0 Å². The number of benzene rings is 1. The number of hydrogen-bond acceptors (Lipinski definition) is 2. The van der Waals surface area contributed by atoms with E-state index >= 15 is 0 Å². The Labute approximate surface area is 125 Å². The Morgan fingerprint density at radius 3 is 2.65 bits per heavy atom. The van der Waals surface area contributed by atoms with E-state index in [1.54, 1.807) is 6.07 Å². The van der Waals surface area contributed by atoms with Crippen LogP contribution in [0.5, 0.6) is 0 Å². The molecule has 1 aromatic rings. The Hall–Kier alpha value is -1.11. The highest BCUT2D eigenvalue weighted by atomic mass is 35.5. The van der Waals surface area contributed by atoms with Gasteiger partial charge in [0, 0.05) is 5.02 Å². The molecule has 0 spiro atoms. The summed E-state index contributed by atoms with van der Waals surface area (Å²) in [6.07, 6.45) is 3.83. The zero-order valence-electron chi connectivity index (χ0n) is 12.0. The van der Waals surface area contributed by atoms with Gasteiger partial charge in [0.05, 0.1) is 12.2 Å². The maximum atomic E-state index is 13.5. The molecular formula is C16H21ClFNO. The number of nitriles is 1.